The second kappa shape index (κ2) is 6.31. The Labute approximate surface area is 119 Å². The number of anilines is 2. The Morgan fingerprint density at radius 3 is 2.65 bits per heavy atom. The Bertz CT molecular complexity index is 461. The quantitative estimate of drug-likeness (QED) is 0.787. The summed E-state index contributed by atoms with van der Waals surface area (Å²) in [6.07, 6.45) is 3.24. The molecule has 0 spiro atoms. The molecule has 0 radical (unpaired) electrons. The molecule has 1 aromatic rings. The van der Waals surface area contributed by atoms with E-state index in [2.05, 4.69) is 4.90 Å². The van der Waals surface area contributed by atoms with Crippen molar-refractivity contribution in [3.63, 3.8) is 0 Å². The summed E-state index contributed by atoms with van der Waals surface area (Å²) in [5, 5.41) is 9.24. The number of hydrogen-bond donors (Lipinski definition) is 2. The zero-order chi connectivity index (χ0) is 14.7. The van der Waals surface area contributed by atoms with Crippen LogP contribution in [0.2, 0.25) is 0 Å². The summed E-state index contributed by atoms with van der Waals surface area (Å²) >= 11 is 0. The van der Waals surface area contributed by atoms with Crippen molar-refractivity contribution in [1.29, 1.82) is 0 Å². The van der Waals surface area contributed by atoms with Crippen LogP contribution in [0.3, 0.4) is 0 Å². The molecule has 4 nitrogen and oxygen atoms in total. The first-order valence-corrected chi connectivity index (χ1v) is 7.16. The molecule has 1 saturated carbocycles. The van der Waals surface area contributed by atoms with Crippen LogP contribution in [0.1, 0.15) is 33.1 Å². The lowest BCUT2D eigenvalue weighted by Gasteiger charge is -2.39. The zero-order valence-electron chi connectivity index (χ0n) is 12.1. The SMILES string of the molecule is CC(C)Oc1cc(N(CCO)C2CCC2)c(N)cc1F. The van der Waals surface area contributed by atoms with Crippen molar-refractivity contribution in [2.45, 2.75) is 45.3 Å². The molecule has 0 saturated heterocycles. The maximum Gasteiger partial charge on any atom is 0.167 e. The maximum absolute atomic E-state index is 13.9. The molecular formula is C15H23FN2O2. The van der Waals surface area contributed by atoms with Crippen molar-refractivity contribution in [1.82, 2.24) is 0 Å². The molecule has 3 N–H and O–H groups in total. The summed E-state index contributed by atoms with van der Waals surface area (Å²) in [5.41, 5.74) is 7.09. The highest BCUT2D eigenvalue weighted by atomic mass is 19.1. The van der Waals surface area contributed by atoms with Crippen molar-refractivity contribution < 1.29 is 14.2 Å². The van der Waals surface area contributed by atoms with E-state index in [4.69, 9.17) is 10.5 Å². The zero-order valence-corrected chi connectivity index (χ0v) is 12.1. The third-order valence-electron chi connectivity index (χ3n) is 3.61. The van der Waals surface area contributed by atoms with Gasteiger partial charge in [0.05, 0.1) is 24.1 Å². The summed E-state index contributed by atoms with van der Waals surface area (Å²) in [5.74, 6) is -0.232. The van der Waals surface area contributed by atoms with Gasteiger partial charge in [-0.05, 0) is 33.1 Å². The number of ether oxygens (including phenoxy) is 1. The van der Waals surface area contributed by atoms with Gasteiger partial charge in [0, 0.05) is 24.7 Å². The number of halogens is 1. The Morgan fingerprint density at radius 1 is 1.45 bits per heavy atom. The van der Waals surface area contributed by atoms with Crippen molar-refractivity contribution in [3.8, 4) is 5.75 Å². The predicted octanol–water partition coefficient (Wildman–Crippen LogP) is 2.55. The van der Waals surface area contributed by atoms with E-state index >= 15 is 0 Å². The van der Waals surface area contributed by atoms with Gasteiger partial charge >= 0.3 is 0 Å². The fourth-order valence-electron chi connectivity index (χ4n) is 2.46. The van der Waals surface area contributed by atoms with Crippen LogP contribution < -0.4 is 15.4 Å². The maximum atomic E-state index is 13.9. The fraction of sp³-hybridized carbons (Fsp3) is 0.600. The van der Waals surface area contributed by atoms with Crippen LogP contribution in [0.5, 0.6) is 5.75 Å². The second-order valence-corrected chi connectivity index (χ2v) is 5.51. The molecular weight excluding hydrogens is 259 g/mol. The van der Waals surface area contributed by atoms with Crippen LogP contribution in [-0.4, -0.2) is 30.4 Å². The molecule has 0 bridgehead atoms. The first kappa shape index (κ1) is 14.9. The lowest BCUT2D eigenvalue weighted by molar-refractivity contribution is 0.231. The molecule has 0 amide bonds. The summed E-state index contributed by atoms with van der Waals surface area (Å²) in [4.78, 5) is 2.06. The highest BCUT2D eigenvalue weighted by Crippen LogP contribution is 2.36. The van der Waals surface area contributed by atoms with E-state index in [0.29, 0.717) is 18.3 Å². The van der Waals surface area contributed by atoms with Gasteiger partial charge in [0.1, 0.15) is 0 Å². The minimum Gasteiger partial charge on any atom is -0.488 e. The van der Waals surface area contributed by atoms with Gasteiger partial charge in [-0.15, -0.1) is 0 Å². The average molecular weight is 282 g/mol. The van der Waals surface area contributed by atoms with Gasteiger partial charge < -0.3 is 20.5 Å². The van der Waals surface area contributed by atoms with Crippen LogP contribution in [0.4, 0.5) is 15.8 Å². The molecule has 0 atom stereocenters. The van der Waals surface area contributed by atoms with Crippen molar-refractivity contribution in [2.75, 3.05) is 23.8 Å². The van der Waals surface area contributed by atoms with Gasteiger partial charge in [-0.2, -0.15) is 0 Å². The number of nitrogens with zero attached hydrogens (tertiary/aromatic N) is 1. The van der Waals surface area contributed by atoms with Gasteiger partial charge in [0.15, 0.2) is 11.6 Å². The number of nitrogens with two attached hydrogens (primary N) is 1. The molecule has 112 valence electrons. The van der Waals surface area contributed by atoms with Crippen molar-refractivity contribution in [2.24, 2.45) is 0 Å². The topological polar surface area (TPSA) is 58.7 Å². The summed E-state index contributed by atoms with van der Waals surface area (Å²) in [6.45, 7) is 4.26. The molecule has 5 heteroatoms. The molecule has 1 fully saturated rings. The Hall–Kier alpha value is -1.49. The first-order valence-electron chi connectivity index (χ1n) is 7.16. The standard InChI is InChI=1S/C15H23FN2O2/c1-10(2)20-15-9-14(13(17)8-12(15)16)18(6-7-19)11-4-3-5-11/h8-11,19H,3-7,17H2,1-2H3. The molecule has 1 aliphatic carbocycles. The van der Waals surface area contributed by atoms with E-state index in [1.54, 1.807) is 6.07 Å². The lowest BCUT2D eigenvalue weighted by Crippen LogP contribution is -2.42. The highest BCUT2D eigenvalue weighted by Gasteiger charge is 2.27. The molecule has 1 aliphatic rings. The molecule has 2 rings (SSSR count). The smallest absolute Gasteiger partial charge is 0.167 e. The Kier molecular flexibility index (Phi) is 4.70. The molecule has 0 heterocycles. The number of nitrogen functional groups attached to an aromatic ring is 1. The fourth-order valence-corrected chi connectivity index (χ4v) is 2.46. The van der Waals surface area contributed by atoms with Gasteiger partial charge in [-0.25, -0.2) is 4.39 Å². The number of rotatable bonds is 6. The van der Waals surface area contributed by atoms with E-state index < -0.39 is 5.82 Å². The first-order chi connectivity index (χ1) is 9.52. The second-order valence-electron chi connectivity index (χ2n) is 5.51. The third-order valence-corrected chi connectivity index (χ3v) is 3.61. The van der Waals surface area contributed by atoms with Gasteiger partial charge in [-0.1, -0.05) is 0 Å². The van der Waals surface area contributed by atoms with Crippen LogP contribution >= 0.6 is 0 Å². The number of aliphatic hydroxyl groups excluding tert-OH is 1. The lowest BCUT2D eigenvalue weighted by atomic mass is 9.91. The largest absolute Gasteiger partial charge is 0.488 e. The van der Waals surface area contributed by atoms with Crippen LogP contribution in [-0.2, 0) is 0 Å². The molecule has 0 unspecified atom stereocenters. The van der Waals surface area contributed by atoms with E-state index in [1.165, 1.54) is 12.5 Å². The number of aliphatic hydroxyl groups is 1. The number of benzene rings is 1. The van der Waals surface area contributed by atoms with Crippen molar-refractivity contribution >= 4 is 11.4 Å². The average Bonchev–Trinajstić information content (AvgIpc) is 2.29. The van der Waals surface area contributed by atoms with Crippen LogP contribution in [0, 0.1) is 5.82 Å². The third kappa shape index (κ3) is 3.15. The van der Waals surface area contributed by atoms with Crippen molar-refractivity contribution in [3.05, 3.63) is 17.9 Å². The van der Waals surface area contributed by atoms with E-state index in [1.807, 2.05) is 13.8 Å². The monoisotopic (exact) mass is 282 g/mol. The summed E-state index contributed by atoms with van der Waals surface area (Å²) < 4.78 is 19.3. The van der Waals surface area contributed by atoms with Gasteiger partial charge in [0.25, 0.3) is 0 Å². The van der Waals surface area contributed by atoms with Gasteiger partial charge in [0.2, 0.25) is 0 Å². The van der Waals surface area contributed by atoms with Gasteiger partial charge in [-0.3, -0.25) is 0 Å². The van der Waals surface area contributed by atoms with Crippen LogP contribution in [0.25, 0.3) is 0 Å². The molecule has 0 aliphatic heterocycles. The minimum atomic E-state index is -0.447. The molecule has 1 aromatic carbocycles. The Morgan fingerprint density at radius 2 is 2.15 bits per heavy atom. The molecule has 20 heavy (non-hydrogen) atoms. The normalized spacial score (nSPS) is 15.2. The number of hydrogen-bond acceptors (Lipinski definition) is 4. The van der Waals surface area contributed by atoms with Crippen LogP contribution in [0.15, 0.2) is 12.1 Å². The minimum absolute atomic E-state index is 0.0493. The Balaban J connectivity index is 2.32. The molecule has 0 aromatic heterocycles. The predicted molar refractivity (Wildman–Crippen MR) is 78.6 cm³/mol. The highest BCUT2D eigenvalue weighted by molar-refractivity contribution is 5.70. The summed E-state index contributed by atoms with van der Waals surface area (Å²) in [6, 6.07) is 3.33. The summed E-state index contributed by atoms with van der Waals surface area (Å²) in [7, 11) is 0. The van der Waals surface area contributed by atoms with E-state index in [9.17, 15) is 9.50 Å². The van der Waals surface area contributed by atoms with E-state index in [0.717, 1.165) is 18.5 Å². The van der Waals surface area contributed by atoms with E-state index in [-0.39, 0.29) is 18.5 Å².